The highest BCUT2D eigenvalue weighted by atomic mass is 32.2. The van der Waals surface area contributed by atoms with Crippen LogP contribution < -0.4 is 21.5 Å². The number of aryl methyl sites for hydroxylation is 1. The van der Waals surface area contributed by atoms with Crippen LogP contribution in [-0.4, -0.2) is 70.0 Å². The largest absolute Gasteiger partial charge is 0.508 e. The zero-order valence-corrected chi connectivity index (χ0v) is 59.4. The molecule has 13 nitrogen and oxygen atoms in total. The van der Waals surface area contributed by atoms with E-state index in [1.54, 1.807) is 12.1 Å². The molecule has 14 heteroatoms. The third-order valence-electron chi connectivity index (χ3n) is 27.9. The molecule has 7 aromatic carbocycles. The van der Waals surface area contributed by atoms with E-state index in [-0.39, 0.29) is 95.9 Å². The Labute approximate surface area is 604 Å². The summed E-state index contributed by atoms with van der Waals surface area (Å²) in [6.45, 7) is 2.84. The zero-order chi connectivity index (χ0) is 70.2. The lowest BCUT2D eigenvalue weighted by molar-refractivity contribution is -0.213. The first-order valence-corrected chi connectivity index (χ1v) is 39.6. The van der Waals surface area contributed by atoms with Crippen LogP contribution in [0.4, 0.5) is 0 Å². The topological polar surface area (TPSA) is 230 Å². The number of hydrogen-bond acceptors (Lipinski definition) is 10. The lowest BCUT2D eigenvalue weighted by Gasteiger charge is -2.63. The van der Waals surface area contributed by atoms with Crippen LogP contribution in [0.2, 0.25) is 0 Å². The summed E-state index contributed by atoms with van der Waals surface area (Å²) in [6.07, 6.45) is 23.2. The standard InChI is InChI=1S/C89H92N4O9S/c1-48-14-15-53-39-63-23-26-65(53)71(48)45-80(103(98,99)100)73-42-59-37-58(40-64-34-50(47-94)10-6-11-52-38-62(95)22-25-67(52)85(59)101-64)81(73)51-16-20-61(21-17-51)89(102-63,93-86(90)91)78-44-55-19-29-75-69(28-30-74(55)88(75,97)77(78)35-49-8-4-3-5-9-49)68-27-31-76-82-57(18-24-70(68)82)41-72-60(46-92-2)36-56-12-7-13-66-54-32-33-87(76,96)79(43-54)84(72)83(56)66/h3-5,7-9,12-13,16-27,29,31-33,36,38-39,42,48,50,54-55,57-58,64,69,71,73-75,77-81,85,92,94-97H,10,14-15,28,30,34-35,37,40-41,43-47H2,1-2H3,(H4,90,91,93)(H,98,99,100)/t48-,50+,54-,55-,57+,58-,64-,69+,71+,73-,74-,75-,77-,78+,79+,80-,81+,85-,87+,88-,89-/m1/s1. The molecule has 528 valence electrons. The van der Waals surface area contributed by atoms with Gasteiger partial charge in [0.1, 0.15) is 23.2 Å². The number of phenols is 1. The number of allylic oxidation sites excluding steroid dienone is 4. The summed E-state index contributed by atoms with van der Waals surface area (Å²) in [4.78, 5) is 5.52. The number of aliphatic hydroxyl groups excluding tert-OH is 1. The molecule has 0 unspecified atom stereocenters. The Kier molecular flexibility index (Phi) is 15.6. The molecule has 21 atom stereocenters. The van der Waals surface area contributed by atoms with E-state index in [1.807, 2.05) is 25.2 Å². The molecule has 21 rings (SSSR count). The maximum Gasteiger partial charge on any atom is 0.268 e. The van der Waals surface area contributed by atoms with Gasteiger partial charge in [0.2, 0.25) is 5.72 Å². The molecule has 14 aliphatic rings. The Morgan fingerprint density at radius 1 is 0.786 bits per heavy atom. The highest BCUT2D eigenvalue weighted by Crippen LogP contribution is 2.67. The Morgan fingerprint density at radius 2 is 1.62 bits per heavy atom. The SMILES string of the molecule is CNCc1cc2cccc3c2c2c1C[C@@H]1C=Cc4c([C@@H]5CC[C@@H]6[C@@H]7C=C[C@H]5[C@@]6(O)[C@H](Cc5ccccc5)[C@@H]([C@]5(N=C(N)N)Oc6ccc8c(c6)CC[C@@H](C)[C@@H]8C[C@@H](S(=O)(=O)O)[C@H]6C=C8C[C@H](C[C@H]9C[C@@H](CO)CC#Cc%10cc(O)ccc%10[C@@H]8O9)[C@@H]6c6ccc5cc6)C7)ccc(c41)[C@@]1(O)C=C[C@@H]3C[C@@H]21. The summed E-state index contributed by atoms with van der Waals surface area (Å²) in [5, 5.41) is 55.6. The van der Waals surface area contributed by atoms with E-state index in [2.05, 4.69) is 164 Å². The highest BCUT2D eigenvalue weighted by molar-refractivity contribution is 7.86. The fraction of sp³-hybridized carbons (Fsp3) is 0.427. The molecule has 10 N–H and O–H groups in total. The molecular weight excluding hydrogens is 1300 g/mol. The maximum absolute atomic E-state index is 15.2. The van der Waals surface area contributed by atoms with Crippen LogP contribution in [-0.2, 0) is 52.0 Å². The average Bonchev–Trinajstić information content (AvgIpc) is 1.54. The van der Waals surface area contributed by atoms with Gasteiger partial charge in [0, 0.05) is 77.7 Å². The Morgan fingerprint density at radius 3 is 2.44 bits per heavy atom. The van der Waals surface area contributed by atoms with Gasteiger partial charge in [-0.3, -0.25) is 4.55 Å². The Hall–Kier alpha value is -8.10. The molecule has 5 heterocycles. The lowest BCUT2D eigenvalue weighted by atomic mass is 9.44. The smallest absolute Gasteiger partial charge is 0.268 e. The number of hydrogen-bond donors (Lipinski definition) is 8. The molecule has 0 spiro atoms. The zero-order valence-electron chi connectivity index (χ0n) is 58.5. The minimum Gasteiger partial charge on any atom is -0.508 e. The lowest BCUT2D eigenvalue weighted by Crippen LogP contribution is -2.67. The van der Waals surface area contributed by atoms with Gasteiger partial charge >= 0.3 is 0 Å². The number of phenolic OH excluding ortho intramolecular Hbond substituents is 1. The number of nitrogens with two attached hydrogens (primary N) is 2. The molecule has 1 saturated heterocycles. The van der Waals surface area contributed by atoms with Gasteiger partial charge in [0.15, 0.2) is 5.96 Å². The van der Waals surface area contributed by atoms with Crippen molar-refractivity contribution in [1.82, 2.24) is 5.32 Å². The summed E-state index contributed by atoms with van der Waals surface area (Å²) in [5.41, 5.74) is 26.6. The van der Waals surface area contributed by atoms with Crippen LogP contribution in [0.1, 0.15) is 196 Å². The second-order valence-corrected chi connectivity index (χ2v) is 34.7. The molecular formula is C89H92N4O9S. The van der Waals surface area contributed by atoms with Gasteiger partial charge in [-0.2, -0.15) is 8.42 Å². The Balaban J connectivity index is 0.767. The second-order valence-electron chi connectivity index (χ2n) is 33.0. The molecule has 3 fully saturated rings. The number of aliphatic imine (C=N–C) groups is 1. The number of nitrogens with one attached hydrogen (secondary N) is 1. The van der Waals surface area contributed by atoms with Crippen molar-refractivity contribution in [2.45, 2.75) is 167 Å². The maximum atomic E-state index is 15.2. The summed E-state index contributed by atoms with van der Waals surface area (Å²) >= 11 is 0. The number of aliphatic hydroxyl groups is 3. The van der Waals surface area contributed by atoms with E-state index < -0.39 is 62.1 Å². The van der Waals surface area contributed by atoms with Crippen LogP contribution in [0.5, 0.6) is 11.5 Å². The van der Waals surface area contributed by atoms with Crippen molar-refractivity contribution in [3.8, 4) is 23.3 Å². The first-order valence-electron chi connectivity index (χ1n) is 38.1. The molecule has 0 radical (unpaired) electrons. The minimum absolute atomic E-state index is 0.0201. The normalized spacial score (nSPS) is 35.7. The van der Waals surface area contributed by atoms with Crippen LogP contribution in [0.15, 0.2) is 174 Å². The van der Waals surface area contributed by atoms with Gasteiger partial charge in [-0.1, -0.05) is 158 Å². The van der Waals surface area contributed by atoms with Gasteiger partial charge in [-0.25, -0.2) is 4.99 Å². The molecule has 16 bridgehead atoms. The summed E-state index contributed by atoms with van der Waals surface area (Å²) < 4.78 is 56.8. The quantitative estimate of drug-likeness (QED) is 0.0222. The molecule has 0 amide bonds. The molecule has 9 aliphatic carbocycles. The van der Waals surface area contributed by atoms with E-state index in [4.69, 9.17) is 25.9 Å². The number of ether oxygens (including phenoxy) is 2. The van der Waals surface area contributed by atoms with Crippen molar-refractivity contribution < 1.29 is 42.9 Å². The van der Waals surface area contributed by atoms with Crippen LogP contribution in [0, 0.1) is 65.1 Å². The summed E-state index contributed by atoms with van der Waals surface area (Å²) in [6, 6.07) is 44.0. The summed E-state index contributed by atoms with van der Waals surface area (Å²) in [5.74, 6) is 3.82. The van der Waals surface area contributed by atoms with Gasteiger partial charge in [-0.15, -0.1) is 0 Å². The minimum atomic E-state index is -4.75. The third kappa shape index (κ3) is 10.3. The van der Waals surface area contributed by atoms with Crippen molar-refractivity contribution in [3.63, 3.8) is 0 Å². The van der Waals surface area contributed by atoms with Crippen molar-refractivity contribution >= 4 is 32.9 Å². The third-order valence-corrected chi connectivity index (χ3v) is 29.2. The second kappa shape index (κ2) is 24.5. The predicted octanol–water partition coefficient (Wildman–Crippen LogP) is 14.3. The number of rotatable bonds is 9. The van der Waals surface area contributed by atoms with E-state index in [0.29, 0.717) is 61.8 Å². The summed E-state index contributed by atoms with van der Waals surface area (Å²) in [7, 11) is -2.72. The fourth-order valence-corrected chi connectivity index (χ4v) is 24.7. The van der Waals surface area contributed by atoms with Crippen molar-refractivity contribution in [2.24, 2.45) is 69.7 Å². The van der Waals surface area contributed by atoms with Gasteiger partial charge in [-0.05, 0) is 245 Å². The molecule has 0 aromatic heterocycles. The first-order chi connectivity index (χ1) is 49.9. The van der Waals surface area contributed by atoms with Crippen LogP contribution in [0.25, 0.3) is 16.8 Å². The van der Waals surface area contributed by atoms with Crippen LogP contribution in [0.3, 0.4) is 0 Å². The van der Waals surface area contributed by atoms with Gasteiger partial charge in [0.05, 0.1) is 17.0 Å². The average molecular weight is 1390 g/mol. The highest BCUT2D eigenvalue weighted by Gasteiger charge is 2.67. The first kappa shape index (κ1) is 65.6. The van der Waals surface area contributed by atoms with Crippen molar-refractivity contribution in [1.29, 1.82) is 0 Å². The molecule has 5 aliphatic heterocycles. The molecule has 2 saturated carbocycles. The van der Waals surface area contributed by atoms with Gasteiger partial charge in [0.25, 0.3) is 10.1 Å². The van der Waals surface area contributed by atoms with E-state index >= 15 is 5.11 Å². The molecule has 7 aromatic rings. The number of nitrogens with zero attached hydrogens (tertiary/aromatic N) is 1. The van der Waals surface area contributed by atoms with Crippen LogP contribution >= 0.6 is 0 Å². The number of fused-ring (bicyclic) bond motifs is 11. The van der Waals surface area contributed by atoms with Crippen molar-refractivity contribution in [2.75, 3.05) is 13.7 Å². The van der Waals surface area contributed by atoms with E-state index in [9.17, 15) is 28.3 Å². The van der Waals surface area contributed by atoms with E-state index in [1.165, 1.54) is 49.7 Å². The van der Waals surface area contributed by atoms with E-state index in [0.717, 1.165) is 77.6 Å². The number of benzene rings is 7. The predicted molar refractivity (Wildman–Crippen MR) is 401 cm³/mol. The fourth-order valence-electron chi connectivity index (χ4n) is 23.6. The number of aromatic hydroxyl groups is 1. The monoisotopic (exact) mass is 1390 g/mol. The number of guanidine groups is 1. The van der Waals surface area contributed by atoms with Crippen molar-refractivity contribution in [3.05, 3.63) is 253 Å². The van der Waals surface area contributed by atoms with Gasteiger partial charge < -0.3 is 46.7 Å². The Bertz CT molecular complexity index is 4990. The molecule has 103 heavy (non-hydrogen) atoms.